The van der Waals surface area contributed by atoms with Crippen molar-refractivity contribution in [1.82, 2.24) is 5.32 Å². The number of carbonyl (C=O) groups excluding carboxylic acids is 2. The van der Waals surface area contributed by atoms with Crippen molar-refractivity contribution in [2.75, 3.05) is 51.7 Å². The average Bonchev–Trinajstić information content (AvgIpc) is 2.89. The molecule has 0 saturated carbocycles. The molecular weight excluding hydrogens is 406 g/mol. The van der Waals surface area contributed by atoms with Crippen LogP contribution in [0.5, 0.6) is 0 Å². The van der Waals surface area contributed by atoms with Crippen molar-refractivity contribution in [1.29, 1.82) is 0 Å². The van der Waals surface area contributed by atoms with E-state index in [9.17, 15) is 9.59 Å². The van der Waals surface area contributed by atoms with Gasteiger partial charge in [0.25, 0.3) is 0 Å². The lowest BCUT2D eigenvalue weighted by Gasteiger charge is -2.24. The molecule has 1 saturated heterocycles. The number of hydrogen-bond acceptors (Lipinski definition) is 8. The van der Waals surface area contributed by atoms with E-state index in [4.69, 9.17) is 18.0 Å². The zero-order valence-electron chi connectivity index (χ0n) is 16.4. The first-order valence-corrected chi connectivity index (χ1v) is 13.0. The standard InChI is InChI=1S/C17H31NO6S2Si/c1-14-11-25-13-15(26-12-14)10-24-17(20)7-6-16(19)18-8-5-9-27(21-2,22-3)23-4/h15H,1,5-13H2,2-4H3,(H,18,19). The van der Waals surface area contributed by atoms with Crippen molar-refractivity contribution in [3.63, 3.8) is 0 Å². The van der Waals surface area contributed by atoms with Gasteiger partial charge in [-0.3, -0.25) is 9.59 Å². The molecule has 156 valence electrons. The van der Waals surface area contributed by atoms with Crippen LogP contribution >= 0.6 is 23.5 Å². The molecule has 1 fully saturated rings. The van der Waals surface area contributed by atoms with E-state index < -0.39 is 8.80 Å². The van der Waals surface area contributed by atoms with Gasteiger partial charge in [0, 0.05) is 62.8 Å². The predicted molar refractivity (Wildman–Crippen MR) is 112 cm³/mol. The summed E-state index contributed by atoms with van der Waals surface area (Å²) in [6.45, 7) is 4.88. The maximum atomic E-state index is 11.8. The molecule has 1 amide bonds. The highest BCUT2D eigenvalue weighted by atomic mass is 32.2. The summed E-state index contributed by atoms with van der Waals surface area (Å²) in [5, 5.41) is 3.08. The molecule has 27 heavy (non-hydrogen) atoms. The van der Waals surface area contributed by atoms with Gasteiger partial charge in [0.15, 0.2) is 0 Å². The Kier molecular flexibility index (Phi) is 12.4. The van der Waals surface area contributed by atoms with E-state index in [1.54, 1.807) is 33.1 Å². The number of rotatable bonds is 12. The Labute approximate surface area is 171 Å². The molecule has 1 aliphatic rings. The summed E-state index contributed by atoms with van der Waals surface area (Å²) < 4.78 is 21.3. The van der Waals surface area contributed by atoms with Crippen LogP contribution in [0.15, 0.2) is 12.2 Å². The summed E-state index contributed by atoms with van der Waals surface area (Å²) in [6.07, 6.45) is 0.902. The van der Waals surface area contributed by atoms with Crippen molar-refractivity contribution in [2.45, 2.75) is 30.6 Å². The topological polar surface area (TPSA) is 83.1 Å². The first kappa shape index (κ1) is 24.5. The van der Waals surface area contributed by atoms with Crippen LogP contribution in [0.25, 0.3) is 0 Å². The fourth-order valence-electron chi connectivity index (χ4n) is 2.41. The Balaban J connectivity index is 2.13. The van der Waals surface area contributed by atoms with Gasteiger partial charge in [-0.15, -0.1) is 11.8 Å². The summed E-state index contributed by atoms with van der Waals surface area (Å²) >= 11 is 3.59. The van der Waals surface area contributed by atoms with E-state index in [1.807, 2.05) is 11.8 Å². The van der Waals surface area contributed by atoms with Crippen LogP contribution in [-0.4, -0.2) is 77.7 Å². The van der Waals surface area contributed by atoms with E-state index in [-0.39, 0.29) is 24.7 Å². The van der Waals surface area contributed by atoms with Crippen LogP contribution in [0.1, 0.15) is 19.3 Å². The second kappa shape index (κ2) is 13.6. The van der Waals surface area contributed by atoms with E-state index in [0.717, 1.165) is 17.3 Å². The first-order chi connectivity index (χ1) is 12.9. The summed E-state index contributed by atoms with van der Waals surface area (Å²) in [5.41, 5.74) is 1.22. The van der Waals surface area contributed by atoms with Gasteiger partial charge in [-0.2, -0.15) is 11.8 Å². The van der Waals surface area contributed by atoms with Crippen molar-refractivity contribution in [2.24, 2.45) is 0 Å². The number of ether oxygens (including phenoxy) is 1. The number of thioether (sulfide) groups is 2. The molecule has 1 rings (SSSR count). The molecule has 1 heterocycles. The van der Waals surface area contributed by atoms with Gasteiger partial charge in [-0.25, -0.2) is 0 Å². The van der Waals surface area contributed by atoms with Gasteiger partial charge in [0.1, 0.15) is 6.61 Å². The zero-order valence-corrected chi connectivity index (χ0v) is 19.0. The van der Waals surface area contributed by atoms with Crippen molar-refractivity contribution < 1.29 is 27.6 Å². The molecule has 0 aromatic rings. The predicted octanol–water partition coefficient (Wildman–Crippen LogP) is 2.10. The lowest BCUT2D eigenvalue weighted by Crippen LogP contribution is -2.43. The minimum absolute atomic E-state index is 0.0932. The summed E-state index contributed by atoms with van der Waals surface area (Å²) in [5.74, 6) is 2.34. The Hall–Kier alpha value is -0.523. The lowest BCUT2D eigenvalue weighted by atomic mass is 10.3. The molecule has 1 aliphatic heterocycles. The average molecular weight is 438 g/mol. The van der Waals surface area contributed by atoms with Crippen LogP contribution < -0.4 is 5.32 Å². The maximum absolute atomic E-state index is 11.8. The molecule has 10 heteroatoms. The smallest absolute Gasteiger partial charge is 0.464 e. The van der Waals surface area contributed by atoms with Gasteiger partial charge < -0.3 is 23.3 Å². The summed E-state index contributed by atoms with van der Waals surface area (Å²) in [6, 6.07) is 0.613. The number of carbonyl (C=O) groups is 2. The van der Waals surface area contributed by atoms with E-state index in [2.05, 4.69) is 11.9 Å². The number of nitrogens with one attached hydrogen (secondary N) is 1. The zero-order chi connectivity index (χ0) is 20.1. The summed E-state index contributed by atoms with van der Waals surface area (Å²) in [4.78, 5) is 23.7. The SMILES string of the molecule is C=C1CSCC(COC(=O)CCC(=O)NCCC[Si](OC)(OC)OC)SC1. The minimum Gasteiger partial charge on any atom is -0.464 e. The monoisotopic (exact) mass is 437 g/mol. The van der Waals surface area contributed by atoms with Gasteiger partial charge >= 0.3 is 14.8 Å². The molecule has 1 N–H and O–H groups in total. The third kappa shape index (κ3) is 10.00. The number of hydrogen-bond donors (Lipinski definition) is 1. The Morgan fingerprint density at radius 3 is 2.56 bits per heavy atom. The molecular formula is C17H31NO6S2Si. The summed E-state index contributed by atoms with van der Waals surface area (Å²) in [7, 11) is 2.09. The van der Waals surface area contributed by atoms with E-state index in [1.165, 1.54) is 5.57 Å². The molecule has 7 nitrogen and oxygen atoms in total. The van der Waals surface area contributed by atoms with Crippen LogP contribution in [-0.2, 0) is 27.6 Å². The third-order valence-electron chi connectivity index (χ3n) is 4.03. The largest absolute Gasteiger partial charge is 0.500 e. The molecule has 0 radical (unpaired) electrons. The quantitative estimate of drug-likeness (QED) is 0.215. The molecule has 1 atom stereocenters. The molecule has 0 aliphatic carbocycles. The molecule has 0 spiro atoms. The highest BCUT2D eigenvalue weighted by Gasteiger charge is 2.36. The third-order valence-corrected chi connectivity index (χ3v) is 9.68. The van der Waals surface area contributed by atoms with Crippen molar-refractivity contribution >= 4 is 44.2 Å². The first-order valence-electron chi connectivity index (χ1n) is 8.88. The highest BCUT2D eigenvalue weighted by molar-refractivity contribution is 8.04. The maximum Gasteiger partial charge on any atom is 0.500 e. The van der Waals surface area contributed by atoms with E-state index >= 15 is 0 Å². The molecule has 0 bridgehead atoms. The molecule has 1 unspecified atom stereocenters. The van der Waals surface area contributed by atoms with Gasteiger partial charge in [0.05, 0.1) is 6.42 Å². The Bertz CT molecular complexity index is 482. The Morgan fingerprint density at radius 2 is 1.89 bits per heavy atom. The van der Waals surface area contributed by atoms with E-state index in [0.29, 0.717) is 30.9 Å². The molecule has 0 aromatic carbocycles. The van der Waals surface area contributed by atoms with Gasteiger partial charge in [-0.1, -0.05) is 12.2 Å². The van der Waals surface area contributed by atoms with Crippen molar-refractivity contribution in [3.05, 3.63) is 12.2 Å². The van der Waals surface area contributed by atoms with Gasteiger partial charge in [0.2, 0.25) is 5.91 Å². The van der Waals surface area contributed by atoms with Gasteiger partial charge in [-0.05, 0) is 6.42 Å². The normalized spacial score (nSPS) is 18.0. The minimum atomic E-state index is -2.60. The fourth-order valence-corrected chi connectivity index (χ4v) is 6.54. The highest BCUT2D eigenvalue weighted by Crippen LogP contribution is 2.25. The lowest BCUT2D eigenvalue weighted by molar-refractivity contribution is -0.144. The number of esters is 1. The van der Waals surface area contributed by atoms with Crippen LogP contribution in [0.3, 0.4) is 0 Å². The Morgan fingerprint density at radius 1 is 1.19 bits per heavy atom. The van der Waals surface area contributed by atoms with Crippen LogP contribution in [0, 0.1) is 0 Å². The van der Waals surface area contributed by atoms with Crippen LogP contribution in [0.2, 0.25) is 6.04 Å². The van der Waals surface area contributed by atoms with Crippen LogP contribution in [0.4, 0.5) is 0 Å². The second-order valence-corrected chi connectivity index (χ2v) is 11.5. The fraction of sp³-hybridized carbons (Fsp3) is 0.765. The second-order valence-electron chi connectivity index (χ2n) is 6.13. The molecule has 0 aromatic heterocycles. The number of amides is 1. The van der Waals surface area contributed by atoms with Crippen molar-refractivity contribution in [3.8, 4) is 0 Å².